The molecule has 2 aliphatic rings. The van der Waals surface area contributed by atoms with E-state index in [0.717, 1.165) is 18.7 Å². The van der Waals surface area contributed by atoms with Gasteiger partial charge in [-0.2, -0.15) is 4.58 Å². The molecule has 4 heteroatoms. The number of carbonyl (C=O) groups excluding carboxylic acids is 1. The van der Waals surface area contributed by atoms with Crippen LogP contribution in [0.1, 0.15) is 264 Å². The van der Waals surface area contributed by atoms with Crippen molar-refractivity contribution in [1.82, 2.24) is 0 Å². The summed E-state index contributed by atoms with van der Waals surface area (Å²) in [5, 5.41) is -0.300. The van der Waals surface area contributed by atoms with Crippen LogP contribution in [0.15, 0.2) is 66.4 Å². The molecule has 0 aliphatic carbocycles. The minimum absolute atomic E-state index is 0.0644. The molecule has 65 heavy (non-hydrogen) atoms. The van der Waals surface area contributed by atoms with E-state index in [1.807, 2.05) is 0 Å². The van der Waals surface area contributed by atoms with Crippen LogP contribution >= 0.6 is 11.6 Å². The van der Waals surface area contributed by atoms with Gasteiger partial charge < -0.3 is 4.90 Å². The predicted molar refractivity (Wildman–Crippen MR) is 287 cm³/mol. The lowest BCUT2D eigenvalue weighted by atomic mass is 9.81. The van der Waals surface area contributed by atoms with Crippen LogP contribution < -0.4 is 4.90 Å². The quantitative estimate of drug-likeness (QED) is 0.0381. The van der Waals surface area contributed by atoms with E-state index in [9.17, 15) is 4.79 Å². The molecule has 0 spiro atoms. The molecule has 2 aliphatic heterocycles. The normalized spacial score (nSPS) is 15.8. The zero-order valence-electron chi connectivity index (χ0n) is 43.2. The van der Waals surface area contributed by atoms with Crippen LogP contribution in [0.3, 0.4) is 0 Å². The maximum Gasteiger partial charge on any atom is 0.226 e. The van der Waals surface area contributed by atoms with Crippen molar-refractivity contribution in [3.8, 4) is 0 Å². The van der Waals surface area contributed by atoms with Crippen LogP contribution in [0.25, 0.3) is 0 Å². The van der Waals surface area contributed by atoms with E-state index in [2.05, 4.69) is 112 Å². The summed E-state index contributed by atoms with van der Waals surface area (Å²) in [7, 11) is 0. The average Bonchev–Trinajstić information content (AvgIpc) is 3.63. The van der Waals surface area contributed by atoms with Gasteiger partial charge in [0, 0.05) is 53.9 Å². The Labute approximate surface area is 406 Å². The summed E-state index contributed by atoms with van der Waals surface area (Å²) in [5.74, 6) is 0. The third-order valence-electron chi connectivity index (χ3n) is 15.1. The first-order chi connectivity index (χ1) is 31.6. The van der Waals surface area contributed by atoms with E-state index in [1.54, 1.807) is 0 Å². The molecule has 0 radical (unpaired) electrons. The van der Waals surface area contributed by atoms with Crippen LogP contribution in [-0.2, 0) is 22.0 Å². The lowest BCUT2D eigenvalue weighted by Crippen LogP contribution is -2.28. The second kappa shape index (κ2) is 31.4. The van der Waals surface area contributed by atoms with E-state index < -0.39 is 0 Å². The number of anilines is 1. The molecule has 3 nitrogen and oxygen atoms in total. The Bertz CT molecular complexity index is 1730. The van der Waals surface area contributed by atoms with Crippen molar-refractivity contribution in [3.05, 3.63) is 83.1 Å². The lowest BCUT2D eigenvalue weighted by Gasteiger charge is -2.27. The number of allylic oxidation sites excluding steroid dienone is 4. The molecule has 4 rings (SSSR count). The summed E-state index contributed by atoms with van der Waals surface area (Å²) in [6.07, 6.45) is 51.9. The van der Waals surface area contributed by atoms with Gasteiger partial charge in [-0.25, -0.2) is 0 Å². The zero-order chi connectivity index (χ0) is 46.6. The number of carbonyl (C=O) groups is 1. The Morgan fingerprint density at radius 1 is 0.554 bits per heavy atom. The van der Waals surface area contributed by atoms with Crippen molar-refractivity contribution >= 4 is 33.9 Å². The molecule has 0 saturated heterocycles. The molecule has 0 saturated carbocycles. The van der Waals surface area contributed by atoms with Crippen molar-refractivity contribution in [2.24, 2.45) is 0 Å². The van der Waals surface area contributed by atoms with Crippen LogP contribution in [-0.4, -0.2) is 28.6 Å². The fraction of sp³-hybridized carbons (Fsp3) is 0.705. The molecule has 0 atom stereocenters. The van der Waals surface area contributed by atoms with Gasteiger partial charge in [-0.3, -0.25) is 4.79 Å². The average molecular weight is 911 g/mol. The predicted octanol–water partition coefficient (Wildman–Crippen LogP) is 19.1. The van der Waals surface area contributed by atoms with Crippen molar-refractivity contribution in [3.63, 3.8) is 0 Å². The summed E-state index contributed by atoms with van der Waals surface area (Å²) in [6, 6.07) is 15.7. The summed E-state index contributed by atoms with van der Waals surface area (Å²) < 4.78 is 2.63. The third-order valence-corrected chi connectivity index (χ3v) is 15.2. The zero-order valence-corrected chi connectivity index (χ0v) is 44.0. The largest absolute Gasteiger partial charge is 0.344 e. The highest BCUT2D eigenvalue weighted by Crippen LogP contribution is 2.48. The first-order valence-electron chi connectivity index (χ1n) is 27.9. The van der Waals surface area contributed by atoms with Gasteiger partial charge in [-0.05, 0) is 61.6 Å². The summed E-state index contributed by atoms with van der Waals surface area (Å²) in [6.45, 7) is 16.2. The van der Waals surface area contributed by atoms with Gasteiger partial charge >= 0.3 is 0 Å². The monoisotopic (exact) mass is 910 g/mol. The molecule has 0 fully saturated rings. The second-order valence-electron chi connectivity index (χ2n) is 21.4. The van der Waals surface area contributed by atoms with E-state index in [4.69, 9.17) is 11.6 Å². The highest BCUT2D eigenvalue weighted by Gasteiger charge is 2.44. The Morgan fingerprint density at radius 2 is 1.00 bits per heavy atom. The maximum absolute atomic E-state index is 11.9. The molecule has 0 bridgehead atoms. The molecule has 0 aromatic heterocycles. The number of hydrogen-bond acceptors (Lipinski definition) is 2. The molecule has 0 unspecified atom stereocenters. The number of benzene rings is 2. The Kier molecular flexibility index (Phi) is 26.5. The molecule has 0 N–H and O–H groups in total. The molecule has 2 aromatic carbocycles. The molecular formula is C61H98ClN2O+. The number of hydrogen-bond donors (Lipinski definition) is 0. The highest BCUT2D eigenvalue weighted by molar-refractivity contribution is 6.63. The van der Waals surface area contributed by atoms with E-state index >= 15 is 0 Å². The van der Waals surface area contributed by atoms with Crippen LogP contribution in [0.4, 0.5) is 11.4 Å². The van der Waals surface area contributed by atoms with Gasteiger partial charge in [0.15, 0.2) is 5.71 Å². The number of fused-ring (bicyclic) bond motifs is 2. The number of halogens is 1. The Balaban J connectivity index is 1.30. The number of unbranched alkanes of at least 4 members (excludes halogenated alkanes) is 30. The third kappa shape index (κ3) is 18.8. The van der Waals surface area contributed by atoms with Gasteiger partial charge in [-0.1, -0.05) is 250 Å². The molecule has 364 valence electrons. The molecular weight excluding hydrogens is 812 g/mol. The minimum atomic E-state index is -0.300. The number of nitrogens with zero attached hydrogens (tertiary/aromatic N) is 2. The fourth-order valence-corrected chi connectivity index (χ4v) is 11.1. The number of para-hydroxylation sites is 1. The van der Waals surface area contributed by atoms with Crippen LogP contribution in [0.2, 0.25) is 0 Å². The fourth-order valence-electron chi connectivity index (χ4n) is 11.0. The standard InChI is InChI=1S/C61H98ClN2O/c1-7-9-11-13-15-17-19-21-23-25-27-29-31-33-35-39-48-63-55-43-38-37-42-53(55)60(3,4)57(63)44-41-45-58-61(5,6)54-50-52(51-59(62)65)46-47-56(54)64(58)49-40-36-34-32-30-28-26-24-22-20-18-16-14-12-10-8-2/h37-38,41-47,50H,7-36,39-40,48-49,51H2,1-6H3/q+1. The Hall–Kier alpha value is -2.65. The summed E-state index contributed by atoms with van der Waals surface area (Å²) >= 11 is 5.90. The van der Waals surface area contributed by atoms with Crippen LogP contribution in [0, 0.1) is 0 Å². The molecule has 2 aromatic rings. The lowest BCUT2D eigenvalue weighted by molar-refractivity contribution is -0.438. The van der Waals surface area contributed by atoms with Gasteiger partial charge in [0.1, 0.15) is 6.54 Å². The van der Waals surface area contributed by atoms with Crippen LogP contribution in [0.5, 0.6) is 0 Å². The van der Waals surface area contributed by atoms with Crippen molar-refractivity contribution in [1.29, 1.82) is 0 Å². The Morgan fingerprint density at radius 3 is 1.48 bits per heavy atom. The van der Waals surface area contributed by atoms with Crippen molar-refractivity contribution in [2.75, 3.05) is 18.0 Å². The summed E-state index contributed by atoms with van der Waals surface area (Å²) in [4.78, 5) is 14.5. The number of rotatable bonds is 38. The van der Waals surface area contributed by atoms with E-state index in [1.165, 1.54) is 239 Å². The summed E-state index contributed by atoms with van der Waals surface area (Å²) in [5.41, 5.74) is 8.89. The van der Waals surface area contributed by atoms with E-state index in [0.29, 0.717) is 0 Å². The smallest absolute Gasteiger partial charge is 0.226 e. The van der Waals surface area contributed by atoms with Gasteiger partial charge in [-0.15, -0.1) is 0 Å². The molecule has 2 heterocycles. The maximum atomic E-state index is 11.9. The molecule has 0 amide bonds. The highest BCUT2D eigenvalue weighted by atomic mass is 35.5. The van der Waals surface area contributed by atoms with Gasteiger partial charge in [0.05, 0.1) is 5.41 Å². The van der Waals surface area contributed by atoms with Gasteiger partial charge in [0.2, 0.25) is 10.9 Å². The first kappa shape index (κ1) is 55.0. The van der Waals surface area contributed by atoms with Crippen molar-refractivity contribution in [2.45, 2.75) is 264 Å². The first-order valence-corrected chi connectivity index (χ1v) is 28.2. The van der Waals surface area contributed by atoms with Gasteiger partial charge in [0.25, 0.3) is 0 Å². The minimum Gasteiger partial charge on any atom is -0.344 e. The van der Waals surface area contributed by atoms with Crippen molar-refractivity contribution < 1.29 is 9.37 Å². The van der Waals surface area contributed by atoms with E-state index in [-0.39, 0.29) is 22.5 Å². The second-order valence-corrected chi connectivity index (χ2v) is 21.8. The SMILES string of the molecule is CCCCCCCCCCCCCCCCCCN1/C(=C/C=C/C2=[N+](CCCCCCCCCCCCCCCCCC)c3ccccc3C2(C)C)C(C)(C)c2cc(CC(=O)Cl)ccc21. The topological polar surface area (TPSA) is 23.3 Å².